The Morgan fingerprint density at radius 1 is 1.31 bits per heavy atom. The highest BCUT2D eigenvalue weighted by Gasteiger charge is 2.34. The molecule has 2 amide bonds. The third-order valence-corrected chi connectivity index (χ3v) is 2.84. The maximum absolute atomic E-state index is 12.2. The molecule has 4 nitrogen and oxygen atoms in total. The van der Waals surface area contributed by atoms with E-state index in [0.29, 0.717) is 0 Å². The zero-order valence-corrected chi connectivity index (χ0v) is 10.7. The van der Waals surface area contributed by atoms with E-state index in [-0.39, 0.29) is 17.9 Å². The van der Waals surface area contributed by atoms with Gasteiger partial charge in [0.2, 0.25) is 11.8 Å². The second kappa shape index (κ2) is 4.95. The quantitative estimate of drug-likeness (QED) is 0.730. The molecule has 1 atom stereocenters. The molecular weight excluding hydrogens is 204 g/mol. The van der Waals surface area contributed by atoms with Crippen molar-refractivity contribution in [3.63, 3.8) is 0 Å². The van der Waals surface area contributed by atoms with Gasteiger partial charge >= 0.3 is 0 Å². The zero-order valence-electron chi connectivity index (χ0n) is 10.7. The molecule has 1 fully saturated rings. The molecule has 1 aliphatic rings. The van der Waals surface area contributed by atoms with Gasteiger partial charge in [-0.1, -0.05) is 20.8 Å². The molecule has 1 rings (SSSR count). The number of carbonyl (C=O) groups excluding carboxylic acids is 2. The Labute approximate surface area is 97.4 Å². The standard InChI is InChI=1S/C12H22N2O2/c1-9(15)14(11(16)12(2,3)4)10-6-5-7-13-8-10/h10,13H,5-8H2,1-4H3. The van der Waals surface area contributed by atoms with Gasteiger partial charge in [-0.25, -0.2) is 0 Å². The lowest BCUT2D eigenvalue weighted by Gasteiger charge is -2.36. The highest BCUT2D eigenvalue weighted by Crippen LogP contribution is 2.21. The van der Waals surface area contributed by atoms with E-state index < -0.39 is 5.41 Å². The van der Waals surface area contributed by atoms with Gasteiger partial charge in [-0.3, -0.25) is 14.5 Å². The fourth-order valence-corrected chi connectivity index (χ4v) is 1.98. The molecule has 0 aromatic heterocycles. The topological polar surface area (TPSA) is 49.4 Å². The van der Waals surface area contributed by atoms with E-state index in [4.69, 9.17) is 0 Å². The molecule has 1 saturated heterocycles. The van der Waals surface area contributed by atoms with Crippen LogP contribution in [0, 0.1) is 5.41 Å². The highest BCUT2D eigenvalue weighted by molar-refractivity contribution is 5.97. The Morgan fingerprint density at radius 3 is 2.31 bits per heavy atom. The van der Waals surface area contributed by atoms with Crippen molar-refractivity contribution in [2.45, 2.75) is 46.6 Å². The minimum Gasteiger partial charge on any atom is -0.315 e. The molecule has 16 heavy (non-hydrogen) atoms. The van der Waals surface area contributed by atoms with Gasteiger partial charge in [0.05, 0.1) is 6.04 Å². The van der Waals surface area contributed by atoms with Crippen LogP contribution in [0.15, 0.2) is 0 Å². The van der Waals surface area contributed by atoms with Crippen molar-refractivity contribution in [1.82, 2.24) is 10.2 Å². The van der Waals surface area contributed by atoms with Gasteiger partial charge in [-0.2, -0.15) is 0 Å². The van der Waals surface area contributed by atoms with Crippen LogP contribution >= 0.6 is 0 Å². The van der Waals surface area contributed by atoms with E-state index in [2.05, 4.69) is 5.32 Å². The lowest BCUT2D eigenvalue weighted by atomic mass is 9.92. The molecule has 1 N–H and O–H groups in total. The molecule has 0 bridgehead atoms. The predicted octanol–water partition coefficient (Wildman–Crippen LogP) is 1.16. The van der Waals surface area contributed by atoms with Crippen LogP contribution in [0.5, 0.6) is 0 Å². The van der Waals surface area contributed by atoms with Gasteiger partial charge in [0.25, 0.3) is 0 Å². The summed E-state index contributed by atoms with van der Waals surface area (Å²) >= 11 is 0. The third kappa shape index (κ3) is 3.04. The largest absolute Gasteiger partial charge is 0.315 e. The first-order valence-electron chi connectivity index (χ1n) is 5.89. The highest BCUT2D eigenvalue weighted by atomic mass is 16.2. The summed E-state index contributed by atoms with van der Waals surface area (Å²) in [6.45, 7) is 8.72. The van der Waals surface area contributed by atoms with Crippen LogP contribution in [0.2, 0.25) is 0 Å². The average molecular weight is 226 g/mol. The van der Waals surface area contributed by atoms with Crippen molar-refractivity contribution < 1.29 is 9.59 Å². The second-order valence-corrected chi connectivity index (χ2v) is 5.44. The summed E-state index contributed by atoms with van der Waals surface area (Å²) in [4.78, 5) is 25.2. The number of imide groups is 1. The number of carbonyl (C=O) groups is 2. The normalized spacial score (nSPS) is 21.6. The Morgan fingerprint density at radius 2 is 1.94 bits per heavy atom. The number of amides is 2. The van der Waals surface area contributed by atoms with Crippen LogP contribution < -0.4 is 5.32 Å². The summed E-state index contributed by atoms with van der Waals surface area (Å²) in [5.74, 6) is -0.220. The van der Waals surface area contributed by atoms with E-state index >= 15 is 0 Å². The molecule has 1 heterocycles. The monoisotopic (exact) mass is 226 g/mol. The molecule has 1 unspecified atom stereocenters. The minimum absolute atomic E-state index is 0.0259. The Hall–Kier alpha value is -0.900. The predicted molar refractivity (Wildman–Crippen MR) is 62.9 cm³/mol. The van der Waals surface area contributed by atoms with Gasteiger partial charge in [-0.15, -0.1) is 0 Å². The molecule has 1 aliphatic heterocycles. The Bertz CT molecular complexity index is 275. The average Bonchev–Trinajstić information content (AvgIpc) is 2.17. The zero-order chi connectivity index (χ0) is 12.3. The van der Waals surface area contributed by atoms with Crippen molar-refractivity contribution in [2.24, 2.45) is 5.41 Å². The van der Waals surface area contributed by atoms with Crippen molar-refractivity contribution >= 4 is 11.8 Å². The molecule has 4 heteroatoms. The molecule has 0 aromatic carbocycles. The second-order valence-electron chi connectivity index (χ2n) is 5.44. The van der Waals surface area contributed by atoms with E-state index in [0.717, 1.165) is 25.9 Å². The van der Waals surface area contributed by atoms with E-state index in [1.54, 1.807) is 0 Å². The number of piperidine rings is 1. The maximum atomic E-state index is 12.2. The van der Waals surface area contributed by atoms with Gasteiger partial charge in [-0.05, 0) is 19.4 Å². The molecular formula is C12H22N2O2. The SMILES string of the molecule is CC(=O)N(C(=O)C(C)(C)C)C1CCCNC1. The number of nitrogens with one attached hydrogen (secondary N) is 1. The van der Waals surface area contributed by atoms with Crippen LogP contribution in [0.3, 0.4) is 0 Å². The van der Waals surface area contributed by atoms with Crippen LogP contribution in [-0.4, -0.2) is 35.8 Å². The lowest BCUT2D eigenvalue weighted by Crippen LogP contribution is -2.53. The third-order valence-electron chi connectivity index (χ3n) is 2.84. The number of hydrogen-bond donors (Lipinski definition) is 1. The van der Waals surface area contributed by atoms with Crippen molar-refractivity contribution in [3.05, 3.63) is 0 Å². The maximum Gasteiger partial charge on any atom is 0.234 e. The minimum atomic E-state index is -0.497. The summed E-state index contributed by atoms with van der Waals surface area (Å²) in [7, 11) is 0. The van der Waals surface area contributed by atoms with Crippen LogP contribution in [0.25, 0.3) is 0 Å². The molecule has 92 valence electrons. The van der Waals surface area contributed by atoms with E-state index in [9.17, 15) is 9.59 Å². The summed E-state index contributed by atoms with van der Waals surface area (Å²) < 4.78 is 0. The first-order valence-corrected chi connectivity index (χ1v) is 5.89. The summed E-state index contributed by atoms with van der Waals surface area (Å²) in [5, 5.41) is 3.23. The van der Waals surface area contributed by atoms with Gasteiger partial charge in [0.1, 0.15) is 0 Å². The Balaban J connectivity index is 2.82. The van der Waals surface area contributed by atoms with Crippen molar-refractivity contribution in [3.8, 4) is 0 Å². The number of nitrogens with zero attached hydrogens (tertiary/aromatic N) is 1. The lowest BCUT2D eigenvalue weighted by molar-refractivity contribution is -0.152. The van der Waals surface area contributed by atoms with Crippen LogP contribution in [0.1, 0.15) is 40.5 Å². The smallest absolute Gasteiger partial charge is 0.234 e. The summed E-state index contributed by atoms with van der Waals surface area (Å²) in [5.41, 5.74) is -0.497. The fourth-order valence-electron chi connectivity index (χ4n) is 1.98. The van der Waals surface area contributed by atoms with Gasteiger partial charge in [0, 0.05) is 18.9 Å². The molecule has 0 spiro atoms. The Kier molecular flexibility index (Phi) is 4.08. The van der Waals surface area contributed by atoms with Crippen molar-refractivity contribution in [1.29, 1.82) is 0 Å². The fraction of sp³-hybridized carbons (Fsp3) is 0.833. The van der Waals surface area contributed by atoms with Gasteiger partial charge < -0.3 is 5.32 Å². The first-order chi connectivity index (χ1) is 7.34. The van der Waals surface area contributed by atoms with Crippen molar-refractivity contribution in [2.75, 3.05) is 13.1 Å². The first kappa shape index (κ1) is 13.2. The van der Waals surface area contributed by atoms with E-state index in [1.807, 2.05) is 20.8 Å². The molecule has 0 aromatic rings. The molecule has 0 aliphatic carbocycles. The van der Waals surface area contributed by atoms with Crippen LogP contribution in [0.4, 0.5) is 0 Å². The summed E-state index contributed by atoms with van der Waals surface area (Å²) in [6, 6.07) is 0.0259. The molecule has 0 radical (unpaired) electrons. The summed E-state index contributed by atoms with van der Waals surface area (Å²) in [6.07, 6.45) is 1.93. The van der Waals surface area contributed by atoms with Crippen LogP contribution in [-0.2, 0) is 9.59 Å². The van der Waals surface area contributed by atoms with Gasteiger partial charge in [0.15, 0.2) is 0 Å². The number of hydrogen-bond acceptors (Lipinski definition) is 3. The van der Waals surface area contributed by atoms with E-state index in [1.165, 1.54) is 11.8 Å². The molecule has 0 saturated carbocycles. The number of rotatable bonds is 1.